The van der Waals surface area contributed by atoms with Crippen molar-refractivity contribution in [1.82, 2.24) is 0 Å². The van der Waals surface area contributed by atoms with Crippen molar-refractivity contribution in [1.29, 1.82) is 0 Å². The Morgan fingerprint density at radius 3 is 2.17 bits per heavy atom. The van der Waals surface area contributed by atoms with E-state index in [1.54, 1.807) is 45.0 Å². The van der Waals surface area contributed by atoms with Crippen molar-refractivity contribution in [2.45, 2.75) is 26.4 Å². The summed E-state index contributed by atoms with van der Waals surface area (Å²) in [6.45, 7) is 5.36. The number of urea groups is 1. The van der Waals surface area contributed by atoms with Gasteiger partial charge in [0.15, 0.2) is 0 Å². The molecule has 0 bridgehead atoms. The maximum atomic E-state index is 12.7. The fourth-order valence-electron chi connectivity index (χ4n) is 2.58. The van der Waals surface area contributed by atoms with Gasteiger partial charge in [-0.25, -0.2) is 9.59 Å². The minimum absolute atomic E-state index is 0.272. The van der Waals surface area contributed by atoms with E-state index >= 15 is 0 Å². The maximum absolute atomic E-state index is 12.7. The van der Waals surface area contributed by atoms with Gasteiger partial charge in [0.1, 0.15) is 10.6 Å². The fourth-order valence-corrected chi connectivity index (χ4v) is 4.12. The van der Waals surface area contributed by atoms with E-state index in [9.17, 15) is 9.59 Å². The summed E-state index contributed by atoms with van der Waals surface area (Å²) in [5, 5.41) is 6.33. The number of carbonyl (C=O) groups is 2. The van der Waals surface area contributed by atoms with Gasteiger partial charge in [0, 0.05) is 4.88 Å². The van der Waals surface area contributed by atoms with Crippen LogP contribution in [0.25, 0.3) is 10.4 Å². The lowest BCUT2D eigenvalue weighted by Gasteiger charge is -2.19. The third kappa shape index (κ3) is 5.53. The first-order valence-electron chi connectivity index (χ1n) is 9.08. The third-order valence-corrected chi connectivity index (χ3v) is 5.57. The number of thiophene rings is 1. The second-order valence-corrected chi connectivity index (χ2v) is 9.26. The number of para-hydroxylation sites is 1. The lowest BCUT2D eigenvalue weighted by molar-refractivity contribution is 0.00713. The smallest absolute Gasteiger partial charge is 0.341 e. The molecular formula is C22H20Cl2N2O3S. The molecule has 3 rings (SSSR count). The first-order valence-corrected chi connectivity index (χ1v) is 10.7. The largest absolute Gasteiger partial charge is 0.456 e. The topological polar surface area (TPSA) is 67.4 Å². The molecule has 0 saturated carbocycles. The SMILES string of the molecule is CC(C)(C)OC(=O)c1cc(-c2ccccc2)sc1NC(=O)Nc1c(Cl)cccc1Cl. The van der Waals surface area contributed by atoms with Gasteiger partial charge in [-0.05, 0) is 44.5 Å². The number of hydrogen-bond acceptors (Lipinski definition) is 4. The fraction of sp³-hybridized carbons (Fsp3) is 0.182. The summed E-state index contributed by atoms with van der Waals surface area (Å²) >= 11 is 13.5. The van der Waals surface area contributed by atoms with Crippen LogP contribution in [-0.4, -0.2) is 17.6 Å². The summed E-state index contributed by atoms with van der Waals surface area (Å²) in [7, 11) is 0. The van der Waals surface area contributed by atoms with Gasteiger partial charge < -0.3 is 10.1 Å². The van der Waals surface area contributed by atoms with Gasteiger partial charge in [-0.3, -0.25) is 5.32 Å². The Bertz CT molecular complexity index is 1060. The average Bonchev–Trinajstić information content (AvgIpc) is 3.08. The number of hydrogen-bond donors (Lipinski definition) is 2. The number of esters is 1. The predicted molar refractivity (Wildman–Crippen MR) is 124 cm³/mol. The van der Waals surface area contributed by atoms with Gasteiger partial charge in [0.05, 0.1) is 21.3 Å². The molecule has 0 aliphatic rings. The van der Waals surface area contributed by atoms with E-state index in [1.807, 2.05) is 30.3 Å². The molecule has 2 amide bonds. The highest BCUT2D eigenvalue weighted by molar-refractivity contribution is 7.20. The van der Waals surface area contributed by atoms with E-state index in [2.05, 4.69) is 10.6 Å². The Morgan fingerprint density at radius 2 is 1.57 bits per heavy atom. The highest BCUT2D eigenvalue weighted by Crippen LogP contribution is 2.37. The molecular weight excluding hydrogens is 443 g/mol. The van der Waals surface area contributed by atoms with E-state index in [4.69, 9.17) is 27.9 Å². The predicted octanol–water partition coefficient (Wildman–Crippen LogP) is 7.32. The summed E-state index contributed by atoms with van der Waals surface area (Å²) in [6, 6.07) is 15.6. The maximum Gasteiger partial charge on any atom is 0.341 e. The molecule has 1 aromatic heterocycles. The number of ether oxygens (including phenoxy) is 1. The molecule has 1 heterocycles. The Balaban J connectivity index is 1.91. The molecule has 0 spiro atoms. The van der Waals surface area contributed by atoms with Crippen LogP contribution >= 0.6 is 34.5 Å². The Hall–Kier alpha value is -2.54. The quantitative estimate of drug-likeness (QED) is 0.399. The molecule has 0 unspecified atom stereocenters. The summed E-state index contributed by atoms with van der Waals surface area (Å²) in [5.74, 6) is -0.521. The number of anilines is 2. The molecule has 0 radical (unpaired) electrons. The standard InChI is InChI=1S/C22H20Cl2N2O3S/c1-22(2,3)29-20(27)14-12-17(13-8-5-4-6-9-13)30-19(14)26-21(28)25-18-15(23)10-7-11-16(18)24/h4-12H,1-3H3,(H2,25,26,28). The highest BCUT2D eigenvalue weighted by Gasteiger charge is 2.24. The Morgan fingerprint density at radius 1 is 0.933 bits per heavy atom. The van der Waals surface area contributed by atoms with E-state index in [1.165, 1.54) is 11.3 Å². The molecule has 5 nitrogen and oxygen atoms in total. The highest BCUT2D eigenvalue weighted by atomic mass is 35.5. The summed E-state index contributed by atoms with van der Waals surface area (Å²) < 4.78 is 5.51. The second-order valence-electron chi connectivity index (χ2n) is 7.40. The monoisotopic (exact) mass is 462 g/mol. The molecule has 0 aliphatic carbocycles. The number of amides is 2. The molecule has 0 atom stereocenters. The molecule has 2 N–H and O–H groups in total. The van der Waals surface area contributed by atoms with Crippen LogP contribution in [-0.2, 0) is 4.74 Å². The molecule has 0 saturated heterocycles. The van der Waals surface area contributed by atoms with Gasteiger partial charge in [0.2, 0.25) is 0 Å². The Labute approximate surface area is 189 Å². The van der Waals surface area contributed by atoms with E-state index < -0.39 is 17.6 Å². The summed E-state index contributed by atoms with van der Waals surface area (Å²) in [6.07, 6.45) is 0. The van der Waals surface area contributed by atoms with Crippen LogP contribution in [0.4, 0.5) is 15.5 Å². The van der Waals surface area contributed by atoms with Crippen molar-refractivity contribution in [2.24, 2.45) is 0 Å². The number of benzene rings is 2. The summed E-state index contributed by atoms with van der Waals surface area (Å²) in [5.41, 5.74) is 0.817. The van der Waals surface area contributed by atoms with Gasteiger partial charge >= 0.3 is 12.0 Å². The van der Waals surface area contributed by atoms with E-state index in [0.29, 0.717) is 15.0 Å². The van der Waals surface area contributed by atoms with E-state index in [-0.39, 0.29) is 11.3 Å². The zero-order valence-electron chi connectivity index (χ0n) is 16.6. The van der Waals surface area contributed by atoms with Crippen LogP contribution in [0, 0.1) is 0 Å². The van der Waals surface area contributed by atoms with Crippen LogP contribution in [0.1, 0.15) is 31.1 Å². The van der Waals surface area contributed by atoms with Crippen molar-refractivity contribution in [3.05, 3.63) is 70.2 Å². The van der Waals surface area contributed by atoms with E-state index in [0.717, 1.165) is 10.4 Å². The lowest BCUT2D eigenvalue weighted by atomic mass is 10.1. The van der Waals surface area contributed by atoms with Crippen molar-refractivity contribution in [3.8, 4) is 10.4 Å². The second kappa shape index (κ2) is 9.08. The van der Waals surface area contributed by atoms with Gasteiger partial charge in [-0.1, -0.05) is 59.6 Å². The number of carbonyl (C=O) groups excluding carboxylic acids is 2. The minimum Gasteiger partial charge on any atom is -0.456 e. The number of halogens is 2. The van der Waals surface area contributed by atoms with Gasteiger partial charge in [-0.15, -0.1) is 11.3 Å². The molecule has 8 heteroatoms. The van der Waals surface area contributed by atoms with Crippen LogP contribution in [0.5, 0.6) is 0 Å². The first kappa shape index (κ1) is 22.2. The minimum atomic E-state index is -0.670. The normalized spacial score (nSPS) is 11.1. The Kier molecular flexibility index (Phi) is 6.71. The molecule has 30 heavy (non-hydrogen) atoms. The molecule has 156 valence electrons. The van der Waals surface area contributed by atoms with Crippen molar-refractivity contribution in [2.75, 3.05) is 10.6 Å². The molecule has 2 aromatic carbocycles. The molecule has 0 fully saturated rings. The third-order valence-electron chi connectivity index (χ3n) is 3.84. The summed E-state index contributed by atoms with van der Waals surface area (Å²) in [4.78, 5) is 26.2. The molecule has 0 aliphatic heterocycles. The molecule has 3 aromatic rings. The zero-order valence-corrected chi connectivity index (χ0v) is 18.9. The first-order chi connectivity index (χ1) is 14.1. The van der Waals surface area contributed by atoms with Crippen molar-refractivity contribution < 1.29 is 14.3 Å². The van der Waals surface area contributed by atoms with Crippen molar-refractivity contribution >= 4 is 57.2 Å². The van der Waals surface area contributed by atoms with Crippen LogP contribution < -0.4 is 10.6 Å². The van der Waals surface area contributed by atoms with Gasteiger partial charge in [-0.2, -0.15) is 0 Å². The number of rotatable bonds is 4. The number of nitrogens with one attached hydrogen (secondary N) is 2. The van der Waals surface area contributed by atoms with Crippen molar-refractivity contribution in [3.63, 3.8) is 0 Å². The van der Waals surface area contributed by atoms with Crippen LogP contribution in [0.15, 0.2) is 54.6 Å². The van der Waals surface area contributed by atoms with Crippen LogP contribution in [0.3, 0.4) is 0 Å². The zero-order chi connectivity index (χ0) is 21.9. The lowest BCUT2D eigenvalue weighted by Crippen LogP contribution is -2.25. The average molecular weight is 463 g/mol. The van der Waals surface area contributed by atoms with Gasteiger partial charge in [0.25, 0.3) is 0 Å². The van der Waals surface area contributed by atoms with Crippen LogP contribution in [0.2, 0.25) is 10.0 Å².